The number of nitrogens with zero attached hydrogens (tertiary/aromatic N) is 2. The molecule has 4 aliphatic carbocycles. The molecule has 2 N–H and O–H groups in total. The summed E-state index contributed by atoms with van der Waals surface area (Å²) in [5, 5.41) is 2.57. The van der Waals surface area contributed by atoms with Gasteiger partial charge in [-0.05, 0) is 55.8 Å². The van der Waals surface area contributed by atoms with Crippen molar-refractivity contribution in [2.45, 2.75) is 32.1 Å². The molecule has 1 saturated heterocycles. The van der Waals surface area contributed by atoms with Crippen LogP contribution in [0.2, 0.25) is 0 Å². The maximum Gasteiger partial charge on any atom is 0.289 e. The van der Waals surface area contributed by atoms with E-state index in [9.17, 15) is 9.59 Å². The quantitative estimate of drug-likeness (QED) is 0.769. The number of thiazole rings is 1. The topological polar surface area (TPSA) is 83.6 Å². The molecule has 1 aliphatic heterocycles. The lowest BCUT2D eigenvalue weighted by Gasteiger charge is -2.53. The van der Waals surface area contributed by atoms with E-state index in [-0.39, 0.29) is 17.7 Å². The Morgan fingerprint density at radius 3 is 2.37 bits per heavy atom. The first kappa shape index (κ1) is 17.4. The zero-order valence-corrected chi connectivity index (χ0v) is 16.2. The van der Waals surface area contributed by atoms with Crippen LogP contribution in [0.15, 0.2) is 5.38 Å². The molecule has 0 spiro atoms. The summed E-state index contributed by atoms with van der Waals surface area (Å²) in [6, 6.07) is 0. The molecular weight excluding hydrogens is 364 g/mol. The summed E-state index contributed by atoms with van der Waals surface area (Å²) in [5.41, 5.74) is 5.63. The first-order chi connectivity index (χ1) is 13.2. The van der Waals surface area contributed by atoms with Crippen LogP contribution in [-0.4, -0.2) is 43.1 Å². The summed E-state index contributed by atoms with van der Waals surface area (Å²) >= 11 is 1.45. The van der Waals surface area contributed by atoms with Gasteiger partial charge in [-0.25, -0.2) is 4.98 Å². The molecule has 2 heterocycles. The first-order valence-corrected chi connectivity index (χ1v) is 10.9. The molecule has 1 aromatic heterocycles. The van der Waals surface area contributed by atoms with E-state index in [4.69, 9.17) is 4.74 Å². The molecule has 0 aromatic carbocycles. The van der Waals surface area contributed by atoms with Crippen molar-refractivity contribution < 1.29 is 14.3 Å². The van der Waals surface area contributed by atoms with Gasteiger partial charge in [0.2, 0.25) is 5.91 Å². The van der Waals surface area contributed by atoms with E-state index in [0.29, 0.717) is 30.7 Å². The van der Waals surface area contributed by atoms with Gasteiger partial charge in [-0.15, -0.1) is 11.3 Å². The number of amides is 2. The first-order valence-electron chi connectivity index (χ1n) is 10.1. The summed E-state index contributed by atoms with van der Waals surface area (Å²) < 4.78 is 5.35. The minimum absolute atomic E-state index is 0.0132. The van der Waals surface area contributed by atoms with Gasteiger partial charge in [-0.3, -0.25) is 20.4 Å². The van der Waals surface area contributed by atoms with Crippen LogP contribution in [-0.2, 0) is 9.53 Å². The zero-order chi connectivity index (χ0) is 18.4. The third kappa shape index (κ3) is 3.33. The van der Waals surface area contributed by atoms with Gasteiger partial charge in [0, 0.05) is 24.4 Å². The highest BCUT2D eigenvalue weighted by atomic mass is 32.1. The van der Waals surface area contributed by atoms with E-state index in [0.717, 1.165) is 30.1 Å². The van der Waals surface area contributed by atoms with Crippen LogP contribution < -0.4 is 15.8 Å². The lowest BCUT2D eigenvalue weighted by molar-refractivity contribution is -0.138. The lowest BCUT2D eigenvalue weighted by Crippen LogP contribution is -2.54. The van der Waals surface area contributed by atoms with Crippen LogP contribution in [0, 0.1) is 29.6 Å². The number of hydrogen-bond donors (Lipinski definition) is 2. The summed E-state index contributed by atoms with van der Waals surface area (Å²) in [5.74, 6) is 2.39. The zero-order valence-electron chi connectivity index (χ0n) is 15.4. The fourth-order valence-electron chi connectivity index (χ4n) is 5.89. The maximum absolute atomic E-state index is 12.8. The standard InChI is InChI=1S/C19H26N4O3S/c24-17(15-10-27-19(20-15)23-1-3-26-4-2-23)21-22-18(25)16-13-6-11-5-12(8-13)9-14(16)7-11/h10-14,16H,1-9H2,(H,21,24)(H,22,25). The van der Waals surface area contributed by atoms with Crippen molar-refractivity contribution in [2.75, 3.05) is 31.2 Å². The van der Waals surface area contributed by atoms with Crippen LogP contribution in [0.25, 0.3) is 0 Å². The number of anilines is 1. The van der Waals surface area contributed by atoms with Crippen LogP contribution in [0.3, 0.4) is 0 Å². The number of carbonyl (C=O) groups is 2. The summed E-state index contributed by atoms with van der Waals surface area (Å²) in [6.07, 6.45) is 6.12. The molecule has 146 valence electrons. The number of aromatic nitrogens is 1. The number of hydrogen-bond acceptors (Lipinski definition) is 6. The predicted molar refractivity (Wildman–Crippen MR) is 101 cm³/mol. The molecule has 2 amide bonds. The summed E-state index contributed by atoms with van der Waals surface area (Å²) in [7, 11) is 0. The van der Waals surface area contributed by atoms with Crippen LogP contribution in [0.1, 0.15) is 42.6 Å². The van der Waals surface area contributed by atoms with E-state index >= 15 is 0 Å². The number of ether oxygens (including phenoxy) is 1. The highest BCUT2D eigenvalue weighted by Crippen LogP contribution is 2.56. The number of hydrazine groups is 1. The van der Waals surface area contributed by atoms with Gasteiger partial charge in [-0.2, -0.15) is 0 Å². The average Bonchev–Trinajstić information content (AvgIpc) is 3.16. The number of morpholine rings is 1. The Balaban J connectivity index is 1.17. The summed E-state index contributed by atoms with van der Waals surface area (Å²) in [6.45, 7) is 2.95. The second kappa shape index (κ2) is 7.05. The predicted octanol–water partition coefficient (Wildman–Crippen LogP) is 1.81. The van der Waals surface area contributed by atoms with Crippen molar-refractivity contribution in [1.29, 1.82) is 0 Å². The molecule has 0 atom stereocenters. The van der Waals surface area contributed by atoms with E-state index in [2.05, 4.69) is 20.7 Å². The Kier molecular flexibility index (Phi) is 4.55. The van der Waals surface area contributed by atoms with E-state index in [1.165, 1.54) is 43.4 Å². The van der Waals surface area contributed by atoms with Gasteiger partial charge < -0.3 is 9.64 Å². The third-order valence-corrected chi connectivity index (χ3v) is 7.74. The van der Waals surface area contributed by atoms with Gasteiger partial charge in [-0.1, -0.05) is 0 Å². The Morgan fingerprint density at radius 1 is 1.04 bits per heavy atom. The minimum atomic E-state index is -0.345. The molecule has 4 saturated carbocycles. The van der Waals surface area contributed by atoms with Crippen molar-refractivity contribution in [2.24, 2.45) is 29.6 Å². The average molecular weight is 391 g/mol. The molecule has 7 nitrogen and oxygen atoms in total. The third-order valence-electron chi connectivity index (χ3n) is 6.84. The molecule has 5 fully saturated rings. The SMILES string of the molecule is O=C(NNC(=O)C1C2CC3CC(C2)CC1C3)c1csc(N2CCOCC2)n1. The van der Waals surface area contributed by atoms with Crippen molar-refractivity contribution in [3.63, 3.8) is 0 Å². The van der Waals surface area contributed by atoms with Crippen molar-refractivity contribution >= 4 is 28.3 Å². The fraction of sp³-hybridized carbons (Fsp3) is 0.737. The monoisotopic (exact) mass is 390 g/mol. The number of nitrogens with one attached hydrogen (secondary N) is 2. The molecule has 6 rings (SSSR count). The molecule has 0 radical (unpaired) electrons. The van der Waals surface area contributed by atoms with Crippen molar-refractivity contribution in [1.82, 2.24) is 15.8 Å². The van der Waals surface area contributed by atoms with Crippen molar-refractivity contribution in [3.8, 4) is 0 Å². The van der Waals surface area contributed by atoms with E-state index in [1.807, 2.05) is 0 Å². The van der Waals surface area contributed by atoms with Gasteiger partial charge in [0.1, 0.15) is 5.69 Å². The Bertz CT molecular complexity index is 702. The lowest BCUT2D eigenvalue weighted by atomic mass is 9.52. The van der Waals surface area contributed by atoms with Gasteiger partial charge in [0.15, 0.2) is 5.13 Å². The van der Waals surface area contributed by atoms with E-state index in [1.54, 1.807) is 5.38 Å². The molecule has 1 aromatic rings. The van der Waals surface area contributed by atoms with Crippen LogP contribution >= 0.6 is 11.3 Å². The number of carbonyl (C=O) groups excluding carboxylic acids is 2. The molecule has 8 heteroatoms. The van der Waals surface area contributed by atoms with Crippen LogP contribution in [0.4, 0.5) is 5.13 Å². The molecule has 5 aliphatic rings. The highest BCUT2D eigenvalue weighted by molar-refractivity contribution is 7.13. The molecule has 4 bridgehead atoms. The fourth-order valence-corrected chi connectivity index (χ4v) is 6.75. The second-order valence-electron chi connectivity index (χ2n) is 8.51. The minimum Gasteiger partial charge on any atom is -0.378 e. The largest absolute Gasteiger partial charge is 0.378 e. The van der Waals surface area contributed by atoms with Gasteiger partial charge in [0.25, 0.3) is 5.91 Å². The normalized spacial score (nSPS) is 34.5. The van der Waals surface area contributed by atoms with Crippen LogP contribution in [0.5, 0.6) is 0 Å². The second-order valence-corrected chi connectivity index (χ2v) is 9.35. The Hall–Kier alpha value is -1.67. The van der Waals surface area contributed by atoms with Gasteiger partial charge in [0.05, 0.1) is 13.2 Å². The smallest absolute Gasteiger partial charge is 0.289 e. The summed E-state index contributed by atoms with van der Waals surface area (Å²) in [4.78, 5) is 31.7. The van der Waals surface area contributed by atoms with Crippen molar-refractivity contribution in [3.05, 3.63) is 11.1 Å². The Morgan fingerprint density at radius 2 is 1.70 bits per heavy atom. The number of rotatable bonds is 3. The molecule has 27 heavy (non-hydrogen) atoms. The molecular formula is C19H26N4O3S. The maximum atomic E-state index is 12.8. The highest BCUT2D eigenvalue weighted by Gasteiger charge is 2.50. The van der Waals surface area contributed by atoms with E-state index < -0.39 is 0 Å². The molecule has 0 unspecified atom stereocenters. The van der Waals surface area contributed by atoms with Gasteiger partial charge >= 0.3 is 0 Å². The Labute approximate surface area is 162 Å².